The van der Waals surface area contributed by atoms with Crippen molar-refractivity contribution in [2.24, 2.45) is 10.8 Å². The number of nitrogens with zero attached hydrogens (tertiary/aromatic N) is 1. The van der Waals surface area contributed by atoms with Crippen LogP contribution in [0.5, 0.6) is 0 Å². The minimum Gasteiger partial charge on any atom is -0.366 e. The summed E-state index contributed by atoms with van der Waals surface area (Å²) in [5, 5.41) is 3.48. The molecule has 2 rings (SSSR count). The van der Waals surface area contributed by atoms with E-state index in [2.05, 4.69) is 43.0 Å². The van der Waals surface area contributed by atoms with Gasteiger partial charge in [0.2, 0.25) is 0 Å². The highest BCUT2D eigenvalue weighted by Gasteiger charge is 2.38. The molecule has 0 aliphatic heterocycles. The third-order valence-electron chi connectivity index (χ3n) is 3.69. The molecule has 0 spiro atoms. The van der Waals surface area contributed by atoms with Crippen molar-refractivity contribution in [3.63, 3.8) is 0 Å². The summed E-state index contributed by atoms with van der Waals surface area (Å²) < 4.78 is 0. The molecule has 1 heterocycles. The number of anilines is 1. The molecule has 19 heavy (non-hydrogen) atoms. The van der Waals surface area contributed by atoms with Crippen LogP contribution >= 0.6 is 11.6 Å². The van der Waals surface area contributed by atoms with Crippen LogP contribution < -0.4 is 10.9 Å². The highest BCUT2D eigenvalue weighted by atomic mass is 35.5. The standard InChI is InChI=1S/C14H22ClN3O/c1-13(2)5-9(6-14(3,4)7-13)18-11-10(15)12(19)17-8-16-11/h8-9H,5-7H2,1-4H3,(H2,16,17,18,19). The maximum absolute atomic E-state index is 11.5. The van der Waals surface area contributed by atoms with Crippen molar-refractivity contribution in [2.75, 3.05) is 5.32 Å². The SMILES string of the molecule is CC1(C)CC(Nc2nc[nH]c(=O)c2Cl)CC(C)(C)C1. The van der Waals surface area contributed by atoms with Gasteiger partial charge in [0.1, 0.15) is 5.02 Å². The van der Waals surface area contributed by atoms with Crippen LogP contribution in [0.3, 0.4) is 0 Å². The van der Waals surface area contributed by atoms with E-state index in [0.717, 1.165) is 12.8 Å². The van der Waals surface area contributed by atoms with Gasteiger partial charge in [0.05, 0.1) is 6.33 Å². The van der Waals surface area contributed by atoms with Crippen molar-refractivity contribution < 1.29 is 0 Å². The second-order valence-corrected chi connectivity index (χ2v) is 7.53. The Kier molecular flexibility index (Phi) is 3.65. The zero-order chi connectivity index (χ0) is 14.3. The normalized spacial score (nSPS) is 22.2. The van der Waals surface area contributed by atoms with Gasteiger partial charge in [-0.15, -0.1) is 0 Å². The number of hydrogen-bond acceptors (Lipinski definition) is 3. The molecule has 1 aromatic heterocycles. The number of hydrogen-bond donors (Lipinski definition) is 2. The molecular formula is C14H22ClN3O. The molecule has 1 fully saturated rings. The molecule has 0 aromatic carbocycles. The maximum Gasteiger partial charge on any atom is 0.271 e. The van der Waals surface area contributed by atoms with Gasteiger partial charge in [-0.2, -0.15) is 0 Å². The molecule has 0 atom stereocenters. The molecule has 0 saturated heterocycles. The Labute approximate surface area is 119 Å². The first-order valence-electron chi connectivity index (χ1n) is 6.68. The van der Waals surface area contributed by atoms with Gasteiger partial charge in [0, 0.05) is 6.04 Å². The first-order chi connectivity index (χ1) is 8.69. The third-order valence-corrected chi connectivity index (χ3v) is 4.04. The number of nitrogens with one attached hydrogen (secondary N) is 2. The van der Waals surface area contributed by atoms with Crippen LogP contribution in [0, 0.1) is 10.8 Å². The minimum absolute atomic E-state index is 0.142. The molecule has 1 aromatic rings. The van der Waals surface area contributed by atoms with Crippen LogP contribution in [0.2, 0.25) is 5.02 Å². The molecule has 2 N–H and O–H groups in total. The fourth-order valence-corrected chi connectivity index (χ4v) is 3.78. The van der Waals surface area contributed by atoms with Gasteiger partial charge in [0.25, 0.3) is 5.56 Å². The van der Waals surface area contributed by atoms with E-state index in [1.807, 2.05) is 0 Å². The van der Waals surface area contributed by atoms with Gasteiger partial charge < -0.3 is 10.3 Å². The van der Waals surface area contributed by atoms with Gasteiger partial charge >= 0.3 is 0 Å². The Balaban J connectivity index is 2.19. The zero-order valence-electron chi connectivity index (χ0n) is 12.0. The monoisotopic (exact) mass is 283 g/mol. The number of aromatic amines is 1. The first-order valence-corrected chi connectivity index (χ1v) is 7.06. The van der Waals surface area contributed by atoms with Crippen molar-refractivity contribution in [2.45, 2.75) is 53.0 Å². The Bertz CT molecular complexity index is 506. The van der Waals surface area contributed by atoms with Gasteiger partial charge in [-0.05, 0) is 30.1 Å². The van der Waals surface area contributed by atoms with Crippen LogP contribution in [0.1, 0.15) is 47.0 Å². The fourth-order valence-electron chi connectivity index (χ4n) is 3.63. The lowest BCUT2D eigenvalue weighted by Gasteiger charge is -2.45. The Morgan fingerprint density at radius 1 is 1.32 bits per heavy atom. The fraction of sp³-hybridized carbons (Fsp3) is 0.714. The number of rotatable bonds is 2. The van der Waals surface area contributed by atoms with E-state index < -0.39 is 0 Å². The lowest BCUT2D eigenvalue weighted by molar-refractivity contribution is 0.105. The molecular weight excluding hydrogens is 262 g/mol. The largest absolute Gasteiger partial charge is 0.366 e. The smallest absolute Gasteiger partial charge is 0.271 e. The highest BCUT2D eigenvalue weighted by Crippen LogP contribution is 2.46. The summed E-state index contributed by atoms with van der Waals surface area (Å²) in [6, 6.07) is 0.297. The molecule has 106 valence electrons. The van der Waals surface area contributed by atoms with E-state index >= 15 is 0 Å². The van der Waals surface area contributed by atoms with Crippen molar-refractivity contribution in [1.82, 2.24) is 9.97 Å². The van der Waals surface area contributed by atoms with E-state index in [1.165, 1.54) is 12.7 Å². The summed E-state index contributed by atoms with van der Waals surface area (Å²) >= 11 is 5.99. The molecule has 0 amide bonds. The summed E-state index contributed by atoms with van der Waals surface area (Å²) in [6.45, 7) is 9.15. The average Bonchev–Trinajstić information content (AvgIpc) is 2.20. The maximum atomic E-state index is 11.5. The predicted molar refractivity (Wildman–Crippen MR) is 78.7 cm³/mol. The van der Waals surface area contributed by atoms with E-state index in [9.17, 15) is 4.79 Å². The van der Waals surface area contributed by atoms with E-state index in [1.54, 1.807) is 0 Å². The average molecular weight is 284 g/mol. The summed E-state index contributed by atoms with van der Waals surface area (Å²) in [6.07, 6.45) is 4.70. The summed E-state index contributed by atoms with van der Waals surface area (Å²) in [4.78, 5) is 18.1. The molecule has 1 saturated carbocycles. The Morgan fingerprint density at radius 2 is 1.89 bits per heavy atom. The van der Waals surface area contributed by atoms with Gasteiger partial charge in [0.15, 0.2) is 5.82 Å². The number of halogens is 1. The topological polar surface area (TPSA) is 57.8 Å². The third kappa shape index (κ3) is 3.50. The molecule has 4 nitrogen and oxygen atoms in total. The molecule has 1 aliphatic rings. The lowest BCUT2D eigenvalue weighted by Crippen LogP contribution is -2.40. The van der Waals surface area contributed by atoms with Gasteiger partial charge in [-0.3, -0.25) is 4.79 Å². The second kappa shape index (κ2) is 4.82. The van der Waals surface area contributed by atoms with Crippen molar-refractivity contribution in [3.8, 4) is 0 Å². The van der Waals surface area contributed by atoms with Gasteiger partial charge in [-0.1, -0.05) is 39.3 Å². The Morgan fingerprint density at radius 3 is 2.47 bits per heavy atom. The van der Waals surface area contributed by atoms with Crippen LogP contribution in [-0.4, -0.2) is 16.0 Å². The summed E-state index contributed by atoms with van der Waals surface area (Å²) in [5.74, 6) is 0.490. The lowest BCUT2D eigenvalue weighted by atomic mass is 9.63. The van der Waals surface area contributed by atoms with E-state index in [4.69, 9.17) is 11.6 Å². The van der Waals surface area contributed by atoms with Crippen LogP contribution in [-0.2, 0) is 0 Å². The van der Waals surface area contributed by atoms with Crippen molar-refractivity contribution in [1.29, 1.82) is 0 Å². The van der Waals surface area contributed by atoms with Crippen molar-refractivity contribution in [3.05, 3.63) is 21.7 Å². The van der Waals surface area contributed by atoms with Crippen LogP contribution in [0.15, 0.2) is 11.1 Å². The summed E-state index contributed by atoms with van der Waals surface area (Å²) in [7, 11) is 0. The van der Waals surface area contributed by atoms with Crippen LogP contribution in [0.25, 0.3) is 0 Å². The minimum atomic E-state index is -0.298. The van der Waals surface area contributed by atoms with Crippen molar-refractivity contribution >= 4 is 17.4 Å². The second-order valence-electron chi connectivity index (χ2n) is 7.15. The first kappa shape index (κ1) is 14.4. The van der Waals surface area contributed by atoms with Gasteiger partial charge in [-0.25, -0.2) is 4.98 Å². The summed E-state index contributed by atoms with van der Waals surface area (Å²) in [5.41, 5.74) is 0.272. The molecule has 5 heteroatoms. The quantitative estimate of drug-likeness (QED) is 0.874. The molecule has 0 unspecified atom stereocenters. The van der Waals surface area contributed by atoms with Crippen LogP contribution in [0.4, 0.5) is 5.82 Å². The highest BCUT2D eigenvalue weighted by molar-refractivity contribution is 6.32. The zero-order valence-corrected chi connectivity index (χ0v) is 12.8. The number of aromatic nitrogens is 2. The predicted octanol–water partition coefficient (Wildman–Crippen LogP) is 3.44. The molecule has 1 aliphatic carbocycles. The van der Waals surface area contributed by atoms with E-state index in [0.29, 0.717) is 11.9 Å². The molecule has 0 bridgehead atoms. The van der Waals surface area contributed by atoms with E-state index in [-0.39, 0.29) is 21.4 Å². The molecule has 0 radical (unpaired) electrons. The number of H-pyrrole nitrogens is 1. The Hall–Kier alpha value is -1.03.